The van der Waals surface area contributed by atoms with Crippen LogP contribution in [0.4, 0.5) is 5.69 Å². The second-order valence-electron chi connectivity index (χ2n) is 6.09. The third kappa shape index (κ3) is 4.35. The average Bonchev–Trinajstić information content (AvgIpc) is 3.12. The van der Waals surface area contributed by atoms with Gasteiger partial charge in [0.15, 0.2) is 12.3 Å². The van der Waals surface area contributed by atoms with E-state index in [4.69, 9.17) is 4.74 Å². The maximum Gasteiger partial charge on any atom is 0.359 e. The topological polar surface area (TPSA) is 102 Å². The Kier molecular flexibility index (Phi) is 5.69. The molecule has 0 unspecified atom stereocenters. The minimum Gasteiger partial charge on any atom is -0.451 e. The smallest absolute Gasteiger partial charge is 0.359 e. The molecule has 3 rings (SSSR count). The Morgan fingerprint density at radius 2 is 1.93 bits per heavy atom. The number of aromatic nitrogens is 2. The average molecular weight is 380 g/mol. The first-order valence-electron chi connectivity index (χ1n) is 8.78. The van der Waals surface area contributed by atoms with Gasteiger partial charge in [-0.25, -0.2) is 9.78 Å². The number of nitrogens with zero attached hydrogens (tertiary/aromatic N) is 2. The fraction of sp³-hybridized carbons (Fsp3) is 0.200. The number of pyridine rings is 1. The van der Waals surface area contributed by atoms with Gasteiger partial charge in [0.05, 0.1) is 0 Å². The summed E-state index contributed by atoms with van der Waals surface area (Å²) in [5.41, 5.74) is 2.54. The zero-order valence-electron chi connectivity index (χ0n) is 15.6. The number of rotatable bonds is 6. The van der Waals surface area contributed by atoms with Gasteiger partial charge >= 0.3 is 5.97 Å². The molecule has 1 aromatic carbocycles. The monoisotopic (exact) mass is 380 g/mol. The first-order chi connectivity index (χ1) is 13.5. The lowest BCUT2D eigenvalue weighted by Crippen LogP contribution is -2.23. The Bertz CT molecular complexity index is 1040. The third-order valence-electron chi connectivity index (χ3n) is 3.99. The molecule has 2 amide bonds. The van der Waals surface area contributed by atoms with Crippen molar-refractivity contribution in [3.63, 3.8) is 0 Å². The summed E-state index contributed by atoms with van der Waals surface area (Å²) in [6.07, 6.45) is 1.57. The highest BCUT2D eigenvalue weighted by atomic mass is 16.5. The zero-order chi connectivity index (χ0) is 20.1. The van der Waals surface area contributed by atoms with Crippen LogP contribution in [-0.4, -0.2) is 40.3 Å². The van der Waals surface area contributed by atoms with Gasteiger partial charge in [-0.15, -0.1) is 0 Å². The summed E-state index contributed by atoms with van der Waals surface area (Å²) in [5.74, 6) is -1.43. The van der Waals surface area contributed by atoms with Crippen LogP contribution in [0.5, 0.6) is 0 Å². The van der Waals surface area contributed by atoms with Crippen LogP contribution in [0.15, 0.2) is 48.7 Å². The number of hydrogen-bond acceptors (Lipinski definition) is 5. The number of carbonyl (C=O) groups is 3. The summed E-state index contributed by atoms with van der Waals surface area (Å²) >= 11 is 0. The van der Waals surface area contributed by atoms with Gasteiger partial charge in [0.25, 0.3) is 11.8 Å². The Balaban J connectivity index is 1.59. The van der Waals surface area contributed by atoms with Crippen LogP contribution in [0.2, 0.25) is 0 Å². The molecule has 2 aromatic heterocycles. The van der Waals surface area contributed by atoms with E-state index in [2.05, 4.69) is 15.6 Å². The zero-order valence-corrected chi connectivity index (χ0v) is 15.6. The lowest BCUT2D eigenvalue weighted by atomic mass is 10.2. The third-order valence-corrected chi connectivity index (χ3v) is 3.99. The van der Waals surface area contributed by atoms with Crippen LogP contribution in [0.3, 0.4) is 0 Å². The SMILES string of the molecule is CCNC(=O)c1cccc(NC(=O)COC(=O)c2cn3c(C)cccc3n2)c1. The Morgan fingerprint density at radius 3 is 2.68 bits per heavy atom. The molecule has 2 heterocycles. The number of nitrogens with one attached hydrogen (secondary N) is 2. The maximum atomic E-state index is 12.2. The number of fused-ring (bicyclic) bond motifs is 1. The summed E-state index contributed by atoms with van der Waals surface area (Å²) in [4.78, 5) is 40.3. The van der Waals surface area contributed by atoms with E-state index in [1.807, 2.05) is 26.0 Å². The van der Waals surface area contributed by atoms with Gasteiger partial charge in [-0.2, -0.15) is 0 Å². The summed E-state index contributed by atoms with van der Waals surface area (Å²) in [6, 6.07) is 12.0. The normalized spacial score (nSPS) is 10.5. The highest BCUT2D eigenvalue weighted by Gasteiger charge is 2.15. The van der Waals surface area contributed by atoms with Crippen LogP contribution in [-0.2, 0) is 9.53 Å². The number of amides is 2. The summed E-state index contributed by atoms with van der Waals surface area (Å²) in [5, 5.41) is 5.29. The van der Waals surface area contributed by atoms with Crippen molar-refractivity contribution < 1.29 is 19.1 Å². The molecule has 0 spiro atoms. The van der Waals surface area contributed by atoms with Crippen molar-refractivity contribution in [3.8, 4) is 0 Å². The molecule has 8 heteroatoms. The predicted molar refractivity (Wildman–Crippen MR) is 103 cm³/mol. The van der Waals surface area contributed by atoms with Gasteiger partial charge in [-0.3, -0.25) is 9.59 Å². The van der Waals surface area contributed by atoms with Gasteiger partial charge in [0.2, 0.25) is 0 Å². The molecule has 0 aliphatic rings. The van der Waals surface area contributed by atoms with Crippen LogP contribution in [0.1, 0.15) is 33.5 Å². The van der Waals surface area contributed by atoms with E-state index in [9.17, 15) is 14.4 Å². The largest absolute Gasteiger partial charge is 0.451 e. The van der Waals surface area contributed by atoms with Gasteiger partial charge in [0.1, 0.15) is 5.65 Å². The maximum absolute atomic E-state index is 12.2. The van der Waals surface area contributed by atoms with Crippen molar-refractivity contribution in [2.45, 2.75) is 13.8 Å². The molecule has 8 nitrogen and oxygen atoms in total. The van der Waals surface area contributed by atoms with E-state index in [1.54, 1.807) is 40.9 Å². The molecule has 144 valence electrons. The molecular formula is C20H20N4O4. The number of carbonyl (C=O) groups excluding carboxylic acids is 3. The van der Waals surface area contributed by atoms with E-state index < -0.39 is 18.5 Å². The number of esters is 1. The molecule has 0 aliphatic heterocycles. The number of benzene rings is 1. The highest BCUT2D eigenvalue weighted by molar-refractivity contribution is 5.98. The summed E-state index contributed by atoms with van der Waals surface area (Å²) in [7, 11) is 0. The van der Waals surface area contributed by atoms with Crippen molar-refractivity contribution in [2.24, 2.45) is 0 Å². The summed E-state index contributed by atoms with van der Waals surface area (Å²) < 4.78 is 6.81. The van der Waals surface area contributed by atoms with Crippen molar-refractivity contribution in [3.05, 3.63) is 65.6 Å². The molecule has 0 fully saturated rings. The minimum atomic E-state index is -0.686. The Morgan fingerprint density at radius 1 is 1.14 bits per heavy atom. The second kappa shape index (κ2) is 8.34. The quantitative estimate of drug-likeness (QED) is 0.638. The molecule has 0 saturated heterocycles. The number of hydrogen-bond donors (Lipinski definition) is 2. The van der Waals surface area contributed by atoms with E-state index in [0.29, 0.717) is 23.4 Å². The fourth-order valence-corrected chi connectivity index (χ4v) is 2.65. The van der Waals surface area contributed by atoms with E-state index in [0.717, 1.165) is 5.69 Å². The van der Waals surface area contributed by atoms with Gasteiger partial charge in [-0.05, 0) is 44.2 Å². The van der Waals surface area contributed by atoms with Gasteiger partial charge in [-0.1, -0.05) is 12.1 Å². The predicted octanol–water partition coefficient (Wildman–Crippen LogP) is 2.19. The van der Waals surface area contributed by atoms with Crippen LogP contribution in [0, 0.1) is 6.92 Å². The molecule has 0 bridgehead atoms. The molecule has 0 atom stereocenters. The molecule has 3 aromatic rings. The Hall–Kier alpha value is -3.68. The van der Waals surface area contributed by atoms with E-state index >= 15 is 0 Å². The van der Waals surface area contributed by atoms with Crippen molar-refractivity contribution in [1.82, 2.24) is 14.7 Å². The molecule has 0 saturated carbocycles. The number of imidazole rings is 1. The highest BCUT2D eigenvalue weighted by Crippen LogP contribution is 2.12. The summed E-state index contributed by atoms with van der Waals surface area (Å²) in [6.45, 7) is 3.76. The molecule has 28 heavy (non-hydrogen) atoms. The van der Waals surface area contributed by atoms with Crippen LogP contribution < -0.4 is 10.6 Å². The number of aryl methyl sites for hydroxylation is 1. The standard InChI is InChI=1S/C20H20N4O4/c1-3-21-19(26)14-7-5-8-15(10-14)22-18(25)12-28-20(27)16-11-24-13(2)6-4-9-17(24)23-16/h4-11H,3,12H2,1-2H3,(H,21,26)(H,22,25). The van der Waals surface area contributed by atoms with Gasteiger partial charge in [0, 0.05) is 29.7 Å². The lowest BCUT2D eigenvalue weighted by Gasteiger charge is -2.08. The molecule has 2 N–H and O–H groups in total. The van der Waals surface area contributed by atoms with Crippen LogP contribution in [0.25, 0.3) is 5.65 Å². The molecule has 0 radical (unpaired) electrons. The first kappa shape index (κ1) is 19.1. The molecule has 0 aliphatic carbocycles. The van der Waals surface area contributed by atoms with Gasteiger partial charge < -0.3 is 19.8 Å². The second-order valence-corrected chi connectivity index (χ2v) is 6.09. The lowest BCUT2D eigenvalue weighted by molar-refractivity contribution is -0.119. The van der Waals surface area contributed by atoms with E-state index in [-0.39, 0.29) is 11.6 Å². The fourth-order valence-electron chi connectivity index (χ4n) is 2.65. The van der Waals surface area contributed by atoms with E-state index in [1.165, 1.54) is 0 Å². The van der Waals surface area contributed by atoms with Crippen LogP contribution >= 0.6 is 0 Å². The van der Waals surface area contributed by atoms with Crippen molar-refractivity contribution in [2.75, 3.05) is 18.5 Å². The Labute approximate surface area is 161 Å². The minimum absolute atomic E-state index is 0.125. The first-order valence-corrected chi connectivity index (χ1v) is 8.78. The number of anilines is 1. The van der Waals surface area contributed by atoms with Crippen molar-refractivity contribution >= 4 is 29.1 Å². The van der Waals surface area contributed by atoms with Crippen molar-refractivity contribution in [1.29, 1.82) is 0 Å². The number of ether oxygens (including phenoxy) is 1. The molecular weight excluding hydrogens is 360 g/mol.